The molecule has 19 heavy (non-hydrogen) atoms. The summed E-state index contributed by atoms with van der Waals surface area (Å²) < 4.78 is 5.81. The molecule has 0 saturated carbocycles. The quantitative estimate of drug-likeness (QED) is 0.487. The fourth-order valence-corrected chi connectivity index (χ4v) is 3.33. The number of nitro groups is 1. The maximum Gasteiger partial charge on any atom is 0.273 e. The smallest absolute Gasteiger partial charge is 0.273 e. The third-order valence-electron chi connectivity index (χ3n) is 3.81. The molecule has 0 radical (unpaired) electrons. The second-order valence-electron chi connectivity index (χ2n) is 5.07. The SMILES string of the molecule is O=[N+]([O-])c1ccc(N2CC3CCC(C2)O3)cc1CBr. The number of ether oxygens (including phenoxy) is 1. The number of anilines is 1. The topological polar surface area (TPSA) is 55.6 Å². The van der Waals surface area contributed by atoms with E-state index in [1.165, 1.54) is 0 Å². The molecular weight excluding hydrogens is 312 g/mol. The van der Waals surface area contributed by atoms with E-state index in [1.54, 1.807) is 6.07 Å². The number of nitrogens with zero attached hydrogens (tertiary/aromatic N) is 2. The molecule has 102 valence electrons. The third-order valence-corrected chi connectivity index (χ3v) is 4.42. The minimum atomic E-state index is -0.330. The van der Waals surface area contributed by atoms with E-state index in [-0.39, 0.29) is 10.6 Å². The summed E-state index contributed by atoms with van der Waals surface area (Å²) in [5.41, 5.74) is 1.96. The van der Waals surface area contributed by atoms with E-state index >= 15 is 0 Å². The highest BCUT2D eigenvalue weighted by Crippen LogP contribution is 2.32. The first kappa shape index (κ1) is 12.9. The van der Waals surface area contributed by atoms with Crippen LogP contribution in [0.1, 0.15) is 18.4 Å². The van der Waals surface area contributed by atoms with Gasteiger partial charge in [-0.15, -0.1) is 0 Å². The number of morpholine rings is 1. The molecular formula is C13H15BrN2O3. The lowest BCUT2D eigenvalue weighted by atomic mass is 10.1. The Labute approximate surface area is 119 Å². The molecule has 0 spiro atoms. The van der Waals surface area contributed by atoms with Crippen LogP contribution in [0.5, 0.6) is 0 Å². The second kappa shape index (κ2) is 5.09. The van der Waals surface area contributed by atoms with Crippen molar-refractivity contribution in [2.75, 3.05) is 18.0 Å². The van der Waals surface area contributed by atoms with Gasteiger partial charge < -0.3 is 9.64 Å². The van der Waals surface area contributed by atoms with E-state index in [4.69, 9.17) is 4.74 Å². The fourth-order valence-electron chi connectivity index (χ4n) is 2.88. The van der Waals surface area contributed by atoms with Crippen molar-refractivity contribution in [3.05, 3.63) is 33.9 Å². The Balaban J connectivity index is 1.87. The molecule has 2 saturated heterocycles. The summed E-state index contributed by atoms with van der Waals surface area (Å²) in [6.07, 6.45) is 2.89. The molecule has 0 N–H and O–H groups in total. The van der Waals surface area contributed by atoms with Crippen molar-refractivity contribution in [1.29, 1.82) is 0 Å². The fraction of sp³-hybridized carbons (Fsp3) is 0.538. The highest BCUT2D eigenvalue weighted by Gasteiger charge is 2.34. The van der Waals surface area contributed by atoms with Gasteiger partial charge in [0.25, 0.3) is 5.69 Å². The van der Waals surface area contributed by atoms with E-state index in [0.29, 0.717) is 17.5 Å². The Kier molecular flexibility index (Phi) is 3.45. The van der Waals surface area contributed by atoms with E-state index < -0.39 is 0 Å². The van der Waals surface area contributed by atoms with Crippen molar-refractivity contribution in [1.82, 2.24) is 0 Å². The van der Waals surface area contributed by atoms with Gasteiger partial charge in [-0.25, -0.2) is 0 Å². The van der Waals surface area contributed by atoms with Gasteiger partial charge in [0, 0.05) is 35.7 Å². The molecule has 0 aliphatic carbocycles. The minimum Gasteiger partial charge on any atom is -0.371 e. The molecule has 2 unspecified atom stereocenters. The number of fused-ring (bicyclic) bond motifs is 2. The predicted molar refractivity (Wildman–Crippen MR) is 75.8 cm³/mol. The van der Waals surface area contributed by atoms with E-state index in [2.05, 4.69) is 20.8 Å². The summed E-state index contributed by atoms with van der Waals surface area (Å²) in [4.78, 5) is 12.9. The van der Waals surface area contributed by atoms with Gasteiger partial charge >= 0.3 is 0 Å². The molecule has 5 nitrogen and oxygen atoms in total. The number of hydrogen-bond donors (Lipinski definition) is 0. The van der Waals surface area contributed by atoms with Crippen molar-refractivity contribution >= 4 is 27.3 Å². The van der Waals surface area contributed by atoms with Gasteiger partial charge in [-0.3, -0.25) is 10.1 Å². The first-order valence-electron chi connectivity index (χ1n) is 6.41. The Morgan fingerprint density at radius 2 is 2.05 bits per heavy atom. The summed E-state index contributed by atoms with van der Waals surface area (Å²) in [7, 11) is 0. The molecule has 0 aromatic heterocycles. The lowest BCUT2D eigenvalue weighted by Gasteiger charge is -2.34. The Morgan fingerprint density at radius 3 is 2.63 bits per heavy atom. The number of benzene rings is 1. The average molecular weight is 327 g/mol. The molecule has 2 bridgehead atoms. The Bertz CT molecular complexity index is 497. The number of nitro benzene ring substituents is 1. The lowest BCUT2D eigenvalue weighted by Crippen LogP contribution is -2.42. The zero-order valence-corrected chi connectivity index (χ0v) is 12.0. The molecule has 2 aliphatic rings. The summed E-state index contributed by atoms with van der Waals surface area (Å²) in [5, 5.41) is 11.4. The van der Waals surface area contributed by atoms with Gasteiger partial charge in [0.05, 0.1) is 17.1 Å². The highest BCUT2D eigenvalue weighted by atomic mass is 79.9. The van der Waals surface area contributed by atoms with Crippen LogP contribution >= 0.6 is 15.9 Å². The molecule has 1 aromatic rings. The van der Waals surface area contributed by atoms with Crippen LogP contribution in [0, 0.1) is 10.1 Å². The zero-order chi connectivity index (χ0) is 13.4. The summed E-state index contributed by atoms with van der Waals surface area (Å²) in [6, 6.07) is 5.36. The number of hydrogen-bond acceptors (Lipinski definition) is 4. The van der Waals surface area contributed by atoms with Crippen LogP contribution in [-0.4, -0.2) is 30.2 Å². The third kappa shape index (κ3) is 2.47. The second-order valence-corrected chi connectivity index (χ2v) is 5.63. The van der Waals surface area contributed by atoms with Crippen LogP contribution in [0.15, 0.2) is 18.2 Å². The van der Waals surface area contributed by atoms with Gasteiger partial charge in [0.1, 0.15) is 0 Å². The van der Waals surface area contributed by atoms with Crippen molar-refractivity contribution in [2.45, 2.75) is 30.4 Å². The molecule has 2 heterocycles. The van der Waals surface area contributed by atoms with Crippen molar-refractivity contribution in [2.24, 2.45) is 0 Å². The molecule has 2 aliphatic heterocycles. The molecule has 2 atom stereocenters. The summed E-state index contributed by atoms with van der Waals surface area (Å²) in [5.74, 6) is 0. The monoisotopic (exact) mass is 326 g/mol. The summed E-state index contributed by atoms with van der Waals surface area (Å²) >= 11 is 3.32. The predicted octanol–water partition coefficient (Wildman–Crippen LogP) is 2.86. The number of halogens is 1. The first-order chi connectivity index (χ1) is 9.17. The van der Waals surface area contributed by atoms with Gasteiger partial charge in [-0.05, 0) is 25.0 Å². The van der Waals surface area contributed by atoms with Crippen LogP contribution < -0.4 is 4.90 Å². The van der Waals surface area contributed by atoms with Crippen molar-refractivity contribution in [3.63, 3.8) is 0 Å². The normalized spacial score (nSPS) is 25.6. The van der Waals surface area contributed by atoms with E-state index in [0.717, 1.165) is 37.2 Å². The maximum absolute atomic E-state index is 10.9. The molecule has 1 aromatic carbocycles. The van der Waals surface area contributed by atoms with E-state index in [9.17, 15) is 10.1 Å². The average Bonchev–Trinajstić information content (AvgIpc) is 2.76. The number of alkyl halides is 1. The van der Waals surface area contributed by atoms with Gasteiger partial charge in [0.15, 0.2) is 0 Å². The highest BCUT2D eigenvalue weighted by molar-refractivity contribution is 9.08. The van der Waals surface area contributed by atoms with Gasteiger partial charge in [-0.1, -0.05) is 15.9 Å². The molecule has 3 rings (SSSR count). The first-order valence-corrected chi connectivity index (χ1v) is 7.53. The Morgan fingerprint density at radius 1 is 1.37 bits per heavy atom. The standard InChI is InChI=1S/C13H15BrN2O3/c14-6-9-5-10(1-4-13(9)16(17)18)15-7-11-2-3-12(8-15)19-11/h1,4-5,11-12H,2-3,6-8H2. The minimum absolute atomic E-state index is 0.178. The largest absolute Gasteiger partial charge is 0.371 e. The van der Waals surface area contributed by atoms with Crippen LogP contribution in [0.4, 0.5) is 11.4 Å². The van der Waals surface area contributed by atoms with Crippen LogP contribution in [0.3, 0.4) is 0 Å². The Hall–Kier alpha value is -1.14. The molecule has 2 fully saturated rings. The lowest BCUT2D eigenvalue weighted by molar-refractivity contribution is -0.385. The summed E-state index contributed by atoms with van der Waals surface area (Å²) in [6.45, 7) is 1.77. The maximum atomic E-state index is 10.9. The van der Waals surface area contributed by atoms with Crippen LogP contribution in [0.2, 0.25) is 0 Å². The van der Waals surface area contributed by atoms with Crippen LogP contribution in [-0.2, 0) is 10.1 Å². The molecule has 6 heteroatoms. The van der Waals surface area contributed by atoms with Gasteiger partial charge in [0.2, 0.25) is 0 Å². The van der Waals surface area contributed by atoms with E-state index in [1.807, 2.05) is 12.1 Å². The zero-order valence-electron chi connectivity index (χ0n) is 10.4. The number of rotatable bonds is 3. The van der Waals surface area contributed by atoms with Crippen molar-refractivity contribution in [3.8, 4) is 0 Å². The van der Waals surface area contributed by atoms with Gasteiger partial charge in [-0.2, -0.15) is 0 Å². The molecule has 0 amide bonds. The van der Waals surface area contributed by atoms with Crippen LogP contribution in [0.25, 0.3) is 0 Å². The van der Waals surface area contributed by atoms with Crippen molar-refractivity contribution < 1.29 is 9.66 Å².